The lowest BCUT2D eigenvalue weighted by molar-refractivity contribution is 0.598. The van der Waals surface area contributed by atoms with Crippen molar-refractivity contribution in [3.63, 3.8) is 0 Å². The third kappa shape index (κ3) is 3.51. The van der Waals surface area contributed by atoms with Gasteiger partial charge < -0.3 is 0 Å². The lowest BCUT2D eigenvalue weighted by atomic mass is 10.1. The number of nitrogens with zero attached hydrogens (tertiary/aromatic N) is 1. The molecule has 2 nitrogen and oxygen atoms in total. The molecule has 0 spiro atoms. The molecule has 0 saturated carbocycles. The minimum atomic E-state index is -0.513. The van der Waals surface area contributed by atoms with Crippen LogP contribution in [0.15, 0.2) is 47.6 Å². The fraction of sp³-hybridized carbons (Fsp3) is 0.0714. The molecule has 98 valence electrons. The summed E-state index contributed by atoms with van der Waals surface area (Å²) in [6.07, 6.45) is 0. The van der Waals surface area contributed by atoms with Crippen LogP contribution >= 0.6 is 11.6 Å². The van der Waals surface area contributed by atoms with Crippen LogP contribution in [0.3, 0.4) is 0 Å². The molecule has 0 aliphatic heterocycles. The third-order valence-corrected chi connectivity index (χ3v) is 2.77. The van der Waals surface area contributed by atoms with Crippen LogP contribution < -0.4 is 5.43 Å². The summed E-state index contributed by atoms with van der Waals surface area (Å²) in [6.45, 7) is 1.60. The van der Waals surface area contributed by atoms with Gasteiger partial charge in [-0.15, -0.1) is 0 Å². The SMILES string of the molecule is C/C(=N/Nc1ccc(Cl)cc1)c1cc(F)ccc1F. The summed E-state index contributed by atoms with van der Waals surface area (Å²) >= 11 is 5.75. The maximum Gasteiger partial charge on any atom is 0.132 e. The lowest BCUT2D eigenvalue weighted by Crippen LogP contribution is -2.03. The molecular weight excluding hydrogens is 270 g/mol. The third-order valence-electron chi connectivity index (χ3n) is 2.52. The molecule has 0 heterocycles. The van der Waals surface area contributed by atoms with Crippen molar-refractivity contribution in [1.29, 1.82) is 0 Å². The highest BCUT2D eigenvalue weighted by Crippen LogP contribution is 2.14. The van der Waals surface area contributed by atoms with Crippen molar-refractivity contribution in [3.05, 3.63) is 64.7 Å². The van der Waals surface area contributed by atoms with Gasteiger partial charge in [-0.1, -0.05) is 11.6 Å². The Bertz CT molecular complexity index is 609. The van der Waals surface area contributed by atoms with Gasteiger partial charge in [0.1, 0.15) is 11.6 Å². The molecule has 0 aliphatic rings. The van der Waals surface area contributed by atoms with Gasteiger partial charge in [0.2, 0.25) is 0 Å². The van der Waals surface area contributed by atoms with E-state index in [0.717, 1.165) is 18.2 Å². The zero-order valence-corrected chi connectivity index (χ0v) is 10.9. The molecule has 2 rings (SSSR count). The van der Waals surface area contributed by atoms with Crippen LogP contribution in [-0.4, -0.2) is 5.71 Å². The second kappa shape index (κ2) is 5.80. The van der Waals surface area contributed by atoms with E-state index in [1.807, 2.05) is 0 Å². The summed E-state index contributed by atoms with van der Waals surface area (Å²) in [5.41, 5.74) is 3.95. The van der Waals surface area contributed by atoms with Crippen LogP contribution in [0, 0.1) is 11.6 Å². The molecule has 0 atom stereocenters. The van der Waals surface area contributed by atoms with Crippen LogP contribution in [0.2, 0.25) is 5.02 Å². The molecular formula is C14H11ClF2N2. The zero-order chi connectivity index (χ0) is 13.8. The molecule has 0 radical (unpaired) electrons. The van der Waals surface area contributed by atoms with Crippen LogP contribution in [0.4, 0.5) is 14.5 Å². The predicted molar refractivity (Wildman–Crippen MR) is 73.6 cm³/mol. The second-order valence-corrected chi connectivity index (χ2v) is 4.38. The summed E-state index contributed by atoms with van der Waals surface area (Å²) in [5, 5.41) is 4.63. The van der Waals surface area contributed by atoms with E-state index in [2.05, 4.69) is 10.5 Å². The quantitative estimate of drug-likeness (QED) is 0.652. The number of anilines is 1. The number of rotatable bonds is 3. The number of hydrogen-bond donors (Lipinski definition) is 1. The van der Waals surface area contributed by atoms with Gasteiger partial charge in [-0.3, -0.25) is 5.43 Å². The van der Waals surface area contributed by atoms with Gasteiger partial charge in [0.25, 0.3) is 0 Å². The minimum absolute atomic E-state index is 0.126. The Morgan fingerprint density at radius 2 is 1.79 bits per heavy atom. The molecule has 0 amide bonds. The Morgan fingerprint density at radius 1 is 1.11 bits per heavy atom. The van der Waals surface area contributed by atoms with E-state index in [1.165, 1.54) is 0 Å². The first-order valence-corrected chi connectivity index (χ1v) is 5.95. The van der Waals surface area contributed by atoms with Gasteiger partial charge in [-0.25, -0.2) is 8.78 Å². The lowest BCUT2D eigenvalue weighted by Gasteiger charge is -2.05. The molecule has 2 aromatic rings. The Kier molecular flexibility index (Phi) is 4.12. The summed E-state index contributed by atoms with van der Waals surface area (Å²) in [7, 11) is 0. The van der Waals surface area contributed by atoms with Crippen molar-refractivity contribution in [3.8, 4) is 0 Å². The van der Waals surface area contributed by atoms with Gasteiger partial charge in [0, 0.05) is 10.6 Å². The molecule has 0 aliphatic carbocycles. The first kappa shape index (κ1) is 13.5. The van der Waals surface area contributed by atoms with Crippen LogP contribution in [0.1, 0.15) is 12.5 Å². The summed E-state index contributed by atoms with van der Waals surface area (Å²) < 4.78 is 26.6. The monoisotopic (exact) mass is 280 g/mol. The van der Waals surface area contributed by atoms with Crippen LogP contribution in [0.5, 0.6) is 0 Å². The van der Waals surface area contributed by atoms with Gasteiger partial charge in [0.05, 0.1) is 11.4 Å². The maximum absolute atomic E-state index is 13.5. The minimum Gasteiger partial charge on any atom is -0.278 e. The Labute approximate surface area is 114 Å². The first-order chi connectivity index (χ1) is 9.06. The van der Waals surface area contributed by atoms with Crippen molar-refractivity contribution in [2.75, 3.05) is 5.43 Å². The van der Waals surface area contributed by atoms with Crippen molar-refractivity contribution in [2.45, 2.75) is 6.92 Å². The standard InChI is InChI=1S/C14H11ClF2N2/c1-9(13-8-11(16)4-7-14(13)17)18-19-12-5-2-10(15)3-6-12/h2-8,19H,1H3/b18-9-. The molecule has 0 unspecified atom stereocenters. The predicted octanol–water partition coefficient (Wildman–Crippen LogP) is 4.45. The Morgan fingerprint density at radius 3 is 2.47 bits per heavy atom. The van der Waals surface area contributed by atoms with Gasteiger partial charge in [-0.05, 0) is 49.4 Å². The average molecular weight is 281 g/mol. The van der Waals surface area contributed by atoms with E-state index in [4.69, 9.17) is 11.6 Å². The second-order valence-electron chi connectivity index (χ2n) is 3.94. The first-order valence-electron chi connectivity index (χ1n) is 5.57. The highest BCUT2D eigenvalue weighted by Gasteiger charge is 2.06. The molecule has 19 heavy (non-hydrogen) atoms. The van der Waals surface area contributed by atoms with Crippen molar-refractivity contribution >= 4 is 23.0 Å². The van der Waals surface area contributed by atoms with Gasteiger partial charge in [0.15, 0.2) is 0 Å². The maximum atomic E-state index is 13.5. The van der Waals surface area contributed by atoms with Gasteiger partial charge in [-0.2, -0.15) is 5.10 Å². The summed E-state index contributed by atoms with van der Waals surface area (Å²) in [5.74, 6) is -1.02. The number of hydrogen-bond acceptors (Lipinski definition) is 2. The topological polar surface area (TPSA) is 24.4 Å². The number of nitrogens with one attached hydrogen (secondary N) is 1. The molecule has 0 aromatic heterocycles. The van der Waals surface area contributed by atoms with E-state index >= 15 is 0 Å². The fourth-order valence-electron chi connectivity index (χ4n) is 1.51. The van der Waals surface area contributed by atoms with Crippen molar-refractivity contribution in [2.24, 2.45) is 5.10 Å². The van der Waals surface area contributed by atoms with Gasteiger partial charge >= 0.3 is 0 Å². The molecule has 0 bridgehead atoms. The van der Waals surface area contributed by atoms with E-state index < -0.39 is 11.6 Å². The van der Waals surface area contributed by atoms with E-state index in [-0.39, 0.29) is 5.56 Å². The normalized spacial score (nSPS) is 11.5. The number of hydrazone groups is 1. The fourth-order valence-corrected chi connectivity index (χ4v) is 1.63. The van der Waals surface area contributed by atoms with Crippen LogP contribution in [-0.2, 0) is 0 Å². The Balaban J connectivity index is 2.19. The number of benzene rings is 2. The van der Waals surface area contributed by atoms with E-state index in [1.54, 1.807) is 31.2 Å². The largest absolute Gasteiger partial charge is 0.278 e. The molecule has 5 heteroatoms. The number of halogens is 3. The van der Waals surface area contributed by atoms with E-state index in [9.17, 15) is 8.78 Å². The molecule has 1 N–H and O–H groups in total. The van der Waals surface area contributed by atoms with Crippen molar-refractivity contribution in [1.82, 2.24) is 0 Å². The average Bonchev–Trinajstić information content (AvgIpc) is 2.40. The smallest absolute Gasteiger partial charge is 0.132 e. The molecule has 0 saturated heterocycles. The summed E-state index contributed by atoms with van der Waals surface area (Å²) in [6, 6.07) is 10.1. The highest BCUT2D eigenvalue weighted by atomic mass is 35.5. The van der Waals surface area contributed by atoms with E-state index in [0.29, 0.717) is 16.4 Å². The summed E-state index contributed by atoms with van der Waals surface area (Å²) in [4.78, 5) is 0. The molecule has 2 aromatic carbocycles. The van der Waals surface area contributed by atoms with Crippen molar-refractivity contribution < 1.29 is 8.78 Å². The zero-order valence-electron chi connectivity index (χ0n) is 10.1. The molecule has 0 fully saturated rings. The highest BCUT2D eigenvalue weighted by molar-refractivity contribution is 6.30. The Hall–Kier alpha value is -1.94. The van der Waals surface area contributed by atoms with Crippen LogP contribution in [0.25, 0.3) is 0 Å².